The number of carbonyl (C=O) groups is 2. The van der Waals surface area contributed by atoms with E-state index in [0.717, 1.165) is 4.68 Å². The Hall–Kier alpha value is -5.21. The van der Waals surface area contributed by atoms with Crippen LogP contribution in [0.3, 0.4) is 0 Å². The van der Waals surface area contributed by atoms with Gasteiger partial charge in [-0.3, -0.25) is 4.79 Å². The van der Waals surface area contributed by atoms with Crippen LogP contribution in [-0.2, 0) is 12.6 Å². The number of fused-ring (bicyclic) bond motifs is 2. The first-order valence-electron chi connectivity index (χ1n) is 13.1. The number of aromatic nitrogens is 3. The third kappa shape index (κ3) is 5.36. The normalized spacial score (nSPS) is 16.7. The summed E-state index contributed by atoms with van der Waals surface area (Å²) in [6.07, 6.45) is -7.53. The van der Waals surface area contributed by atoms with Gasteiger partial charge in [0.25, 0.3) is 5.91 Å². The third-order valence-electron chi connectivity index (χ3n) is 7.14. The first kappa shape index (κ1) is 28.9. The van der Waals surface area contributed by atoms with Crippen molar-refractivity contribution >= 4 is 17.6 Å². The summed E-state index contributed by atoms with van der Waals surface area (Å²) in [5.41, 5.74) is -0.784. The lowest BCUT2D eigenvalue weighted by atomic mass is 9.93. The van der Waals surface area contributed by atoms with Crippen molar-refractivity contribution in [3.8, 4) is 22.9 Å². The van der Waals surface area contributed by atoms with E-state index in [1.807, 2.05) is 0 Å². The molecule has 1 aliphatic carbocycles. The summed E-state index contributed by atoms with van der Waals surface area (Å²) >= 11 is 0. The Bertz CT molecular complexity index is 1770. The highest BCUT2D eigenvalue weighted by molar-refractivity contribution is 6.06. The zero-order valence-electron chi connectivity index (χ0n) is 22.6. The molecule has 44 heavy (non-hydrogen) atoms. The zero-order valence-corrected chi connectivity index (χ0v) is 22.6. The molecule has 0 bridgehead atoms. The van der Waals surface area contributed by atoms with Gasteiger partial charge in [0.2, 0.25) is 0 Å². The van der Waals surface area contributed by atoms with Crippen molar-refractivity contribution in [3.05, 3.63) is 89.0 Å². The lowest BCUT2D eigenvalue weighted by Crippen LogP contribution is -2.26. The Morgan fingerprint density at radius 3 is 2.57 bits per heavy atom. The molecule has 2 aromatic carbocycles. The van der Waals surface area contributed by atoms with Gasteiger partial charge in [-0.05, 0) is 61.7 Å². The number of hydrogen-bond acceptors (Lipinski definition) is 7. The minimum absolute atomic E-state index is 0.0464. The van der Waals surface area contributed by atoms with Crippen molar-refractivity contribution in [2.45, 2.75) is 37.8 Å². The predicted molar refractivity (Wildman–Crippen MR) is 141 cm³/mol. The quantitative estimate of drug-likeness (QED) is 0.261. The fourth-order valence-corrected chi connectivity index (χ4v) is 5.15. The average molecular weight is 616 g/mol. The number of ether oxygens (including phenoxy) is 3. The topological polar surface area (TPSA) is 116 Å². The lowest BCUT2D eigenvalue weighted by Gasteiger charge is -2.26. The van der Waals surface area contributed by atoms with Crippen molar-refractivity contribution < 1.29 is 50.9 Å². The van der Waals surface area contributed by atoms with Crippen LogP contribution in [0.15, 0.2) is 60.8 Å². The van der Waals surface area contributed by atoms with Crippen LogP contribution in [-0.4, -0.2) is 45.1 Å². The Balaban J connectivity index is 1.34. The van der Waals surface area contributed by atoms with Crippen LogP contribution in [0.4, 0.5) is 27.6 Å². The van der Waals surface area contributed by atoms with Crippen LogP contribution >= 0.6 is 0 Å². The summed E-state index contributed by atoms with van der Waals surface area (Å²) in [4.78, 5) is 29.5. The van der Waals surface area contributed by atoms with E-state index in [0.29, 0.717) is 12.8 Å². The summed E-state index contributed by atoms with van der Waals surface area (Å²) in [6.45, 7) is 0. The first-order valence-corrected chi connectivity index (χ1v) is 13.1. The summed E-state index contributed by atoms with van der Waals surface area (Å²) in [5.74, 6) is -2.14. The van der Waals surface area contributed by atoms with Gasteiger partial charge in [0.15, 0.2) is 17.2 Å². The van der Waals surface area contributed by atoms with Crippen molar-refractivity contribution in [2.75, 3.05) is 11.9 Å². The Labute approximate surface area is 245 Å². The van der Waals surface area contributed by atoms with E-state index in [1.165, 1.54) is 72.7 Å². The highest BCUT2D eigenvalue weighted by Gasteiger charge is 2.44. The van der Waals surface area contributed by atoms with E-state index >= 15 is 0 Å². The average Bonchev–Trinajstić information content (AvgIpc) is 3.53. The Kier molecular flexibility index (Phi) is 6.89. The molecule has 1 atom stereocenters. The monoisotopic (exact) mass is 616 g/mol. The standard InChI is InChI=1S/C29H21F5N4O6/c1-37(16-8-11-21-23(13-16)44-29(33,34)43-21)26(39)15-4-2-5-17(12-15)38-24-19(25(36-38)28(30,31)32)6-3-7-22(24)42-18-9-10-20(27(40)41)35-14-18/h2,4-5,8-14,22H,3,6-7H2,1H3,(H,40,41)/t22-/m1/s1. The fourth-order valence-electron chi connectivity index (χ4n) is 5.15. The fraction of sp³-hybridized carbons (Fsp3) is 0.241. The molecule has 3 heterocycles. The molecule has 10 nitrogen and oxygen atoms in total. The number of amides is 1. The molecule has 1 N–H and O–H groups in total. The van der Waals surface area contributed by atoms with Crippen LogP contribution in [0.2, 0.25) is 0 Å². The van der Waals surface area contributed by atoms with Gasteiger partial charge in [-0.1, -0.05) is 6.07 Å². The van der Waals surface area contributed by atoms with Crippen LogP contribution in [0, 0.1) is 0 Å². The predicted octanol–water partition coefficient (Wildman–Crippen LogP) is 6.04. The molecule has 0 saturated carbocycles. The summed E-state index contributed by atoms with van der Waals surface area (Å²) in [7, 11) is 1.40. The van der Waals surface area contributed by atoms with Crippen LogP contribution in [0.5, 0.6) is 17.2 Å². The number of rotatable bonds is 6. The smallest absolute Gasteiger partial charge is 0.482 e. The maximum Gasteiger partial charge on any atom is 0.586 e. The number of nitrogens with zero attached hydrogens (tertiary/aromatic N) is 4. The van der Waals surface area contributed by atoms with E-state index in [9.17, 15) is 31.5 Å². The number of aromatic carboxylic acids is 1. The van der Waals surface area contributed by atoms with Crippen molar-refractivity contribution in [2.24, 2.45) is 0 Å². The lowest BCUT2D eigenvalue weighted by molar-refractivity contribution is -0.286. The Morgan fingerprint density at radius 2 is 1.86 bits per heavy atom. The number of hydrogen-bond donors (Lipinski definition) is 1. The summed E-state index contributed by atoms with van der Waals surface area (Å²) < 4.78 is 85.2. The molecule has 0 unspecified atom stereocenters. The second-order valence-corrected chi connectivity index (χ2v) is 10.0. The molecule has 15 heteroatoms. The number of benzene rings is 2. The molecule has 4 aromatic rings. The van der Waals surface area contributed by atoms with Gasteiger partial charge in [0.05, 0.1) is 17.6 Å². The molecular formula is C29H21F5N4O6. The SMILES string of the molecule is CN(C(=O)c1cccc(-n2nc(C(F)(F)F)c3c2[C@H](Oc2ccc(C(=O)O)nc2)CCC3)c1)c1ccc2c(c1)OC(F)(F)O2. The van der Waals surface area contributed by atoms with E-state index in [-0.39, 0.29) is 57.6 Å². The number of halogens is 5. The van der Waals surface area contributed by atoms with Gasteiger partial charge in [-0.2, -0.15) is 18.3 Å². The summed E-state index contributed by atoms with van der Waals surface area (Å²) in [5, 5.41) is 13.0. The number of anilines is 1. The van der Waals surface area contributed by atoms with Gasteiger partial charge < -0.3 is 24.2 Å². The van der Waals surface area contributed by atoms with Crippen LogP contribution in [0.1, 0.15) is 56.7 Å². The first-order chi connectivity index (χ1) is 20.8. The van der Waals surface area contributed by atoms with Crippen molar-refractivity contribution in [1.29, 1.82) is 0 Å². The molecule has 1 aliphatic heterocycles. The zero-order chi connectivity index (χ0) is 31.4. The minimum Gasteiger partial charge on any atom is -0.482 e. The summed E-state index contributed by atoms with van der Waals surface area (Å²) in [6, 6.07) is 12.2. The molecule has 0 radical (unpaired) electrons. The number of carboxylic acids is 1. The van der Waals surface area contributed by atoms with Gasteiger partial charge in [-0.15, -0.1) is 8.78 Å². The van der Waals surface area contributed by atoms with Gasteiger partial charge in [0.1, 0.15) is 17.5 Å². The largest absolute Gasteiger partial charge is 0.586 e. The highest BCUT2D eigenvalue weighted by atomic mass is 19.4. The molecule has 0 fully saturated rings. The Morgan fingerprint density at radius 1 is 1.09 bits per heavy atom. The number of pyridine rings is 1. The molecule has 228 valence electrons. The molecule has 0 spiro atoms. The minimum atomic E-state index is -4.77. The molecule has 2 aromatic heterocycles. The van der Waals surface area contributed by atoms with E-state index < -0.39 is 36.1 Å². The maximum atomic E-state index is 14.1. The van der Waals surface area contributed by atoms with Gasteiger partial charge in [-0.25, -0.2) is 14.5 Å². The van der Waals surface area contributed by atoms with Crippen LogP contribution in [0.25, 0.3) is 5.69 Å². The van der Waals surface area contributed by atoms with Gasteiger partial charge in [0, 0.05) is 29.9 Å². The second-order valence-electron chi connectivity index (χ2n) is 10.0. The maximum absolute atomic E-state index is 14.1. The van der Waals surface area contributed by atoms with Crippen molar-refractivity contribution in [1.82, 2.24) is 14.8 Å². The molecule has 2 aliphatic rings. The number of carboxylic acid groups (broad SMARTS) is 1. The van der Waals surface area contributed by atoms with E-state index in [2.05, 4.69) is 19.6 Å². The van der Waals surface area contributed by atoms with Crippen LogP contribution < -0.4 is 19.1 Å². The number of alkyl halides is 5. The van der Waals surface area contributed by atoms with Crippen molar-refractivity contribution in [3.63, 3.8) is 0 Å². The molecule has 6 rings (SSSR count). The van der Waals surface area contributed by atoms with E-state index in [4.69, 9.17) is 9.84 Å². The molecule has 0 saturated heterocycles. The van der Waals surface area contributed by atoms with E-state index in [1.54, 1.807) is 0 Å². The number of carbonyl (C=O) groups excluding carboxylic acids is 1. The molecule has 1 amide bonds. The second kappa shape index (κ2) is 10.5. The third-order valence-corrected chi connectivity index (χ3v) is 7.14. The highest BCUT2D eigenvalue weighted by Crippen LogP contribution is 2.44. The molecular weight excluding hydrogens is 595 g/mol. The van der Waals surface area contributed by atoms with Gasteiger partial charge >= 0.3 is 18.4 Å².